The van der Waals surface area contributed by atoms with Crippen LogP contribution in [0.2, 0.25) is 0 Å². The fourth-order valence-electron chi connectivity index (χ4n) is 3.46. The van der Waals surface area contributed by atoms with Crippen molar-refractivity contribution in [3.63, 3.8) is 0 Å². The number of aromatic nitrogens is 1. The van der Waals surface area contributed by atoms with Crippen LogP contribution in [0, 0.1) is 0 Å². The van der Waals surface area contributed by atoms with Gasteiger partial charge in [0, 0.05) is 23.5 Å². The molecule has 2 N–H and O–H groups in total. The van der Waals surface area contributed by atoms with Gasteiger partial charge in [-0.25, -0.2) is 0 Å². The molecule has 3 aromatic rings. The summed E-state index contributed by atoms with van der Waals surface area (Å²) in [6, 6.07) is 8.20. The van der Waals surface area contributed by atoms with Crippen LogP contribution in [-0.4, -0.2) is 26.3 Å². The zero-order chi connectivity index (χ0) is 19.4. The van der Waals surface area contributed by atoms with Crippen molar-refractivity contribution in [3.8, 4) is 17.2 Å². The van der Waals surface area contributed by atoms with Crippen LogP contribution in [0.25, 0.3) is 10.8 Å². The number of hydrogen-bond acceptors (Lipinski definition) is 5. The molecule has 0 radical (unpaired) electrons. The van der Waals surface area contributed by atoms with E-state index in [0.717, 1.165) is 40.4 Å². The van der Waals surface area contributed by atoms with E-state index in [-0.39, 0.29) is 0 Å². The molecule has 142 valence electrons. The largest absolute Gasteiger partial charge is 0.493 e. The number of hydrogen-bond donors (Lipinski definition) is 1. The summed E-state index contributed by atoms with van der Waals surface area (Å²) in [4.78, 5) is 4.42. The summed E-state index contributed by atoms with van der Waals surface area (Å²) in [6.07, 6.45) is 6.47. The van der Waals surface area contributed by atoms with Crippen molar-refractivity contribution < 1.29 is 14.2 Å². The highest BCUT2D eigenvalue weighted by molar-refractivity contribution is 5.95. The molecule has 3 rings (SSSR count). The highest BCUT2D eigenvalue weighted by atomic mass is 16.5. The first-order valence-electron chi connectivity index (χ1n) is 9.05. The Bertz CT molecular complexity index is 929. The normalized spacial score (nSPS) is 10.8. The minimum atomic E-state index is 0.591. The zero-order valence-electron chi connectivity index (χ0n) is 16.3. The Morgan fingerprint density at radius 1 is 0.889 bits per heavy atom. The van der Waals surface area contributed by atoms with Crippen molar-refractivity contribution in [2.24, 2.45) is 0 Å². The number of ether oxygens (including phenoxy) is 3. The van der Waals surface area contributed by atoms with E-state index < -0.39 is 0 Å². The number of nitrogens with zero attached hydrogens (tertiary/aromatic N) is 1. The molecular formula is C22H26N2O3. The topological polar surface area (TPSA) is 66.6 Å². The fraction of sp³-hybridized carbons (Fsp3) is 0.318. The number of anilines is 1. The lowest BCUT2D eigenvalue weighted by atomic mass is 9.96. The summed E-state index contributed by atoms with van der Waals surface area (Å²) in [5, 5.41) is 2.13. The van der Waals surface area contributed by atoms with Crippen molar-refractivity contribution >= 4 is 16.5 Å². The molecule has 0 amide bonds. The van der Waals surface area contributed by atoms with Gasteiger partial charge in [0.1, 0.15) is 0 Å². The SMILES string of the molecule is CCCc1ccc2c(Cc3cc(OC)c(OC)c(OC)c3)cncc2c1N. The minimum absolute atomic E-state index is 0.591. The lowest BCUT2D eigenvalue weighted by Gasteiger charge is -2.15. The number of nitrogen functional groups attached to an aromatic ring is 1. The molecule has 0 aliphatic rings. The molecule has 27 heavy (non-hydrogen) atoms. The first kappa shape index (κ1) is 18.8. The Morgan fingerprint density at radius 3 is 2.19 bits per heavy atom. The van der Waals surface area contributed by atoms with Gasteiger partial charge in [-0.2, -0.15) is 0 Å². The maximum absolute atomic E-state index is 6.40. The van der Waals surface area contributed by atoms with E-state index in [0.29, 0.717) is 23.7 Å². The second-order valence-electron chi connectivity index (χ2n) is 6.49. The van der Waals surface area contributed by atoms with Crippen LogP contribution in [0.3, 0.4) is 0 Å². The summed E-state index contributed by atoms with van der Waals surface area (Å²) in [7, 11) is 4.85. The van der Waals surface area contributed by atoms with Gasteiger partial charge in [0.05, 0.1) is 21.3 Å². The van der Waals surface area contributed by atoms with Crippen LogP contribution in [0.1, 0.15) is 30.0 Å². The first-order valence-corrected chi connectivity index (χ1v) is 9.05. The number of aryl methyl sites for hydroxylation is 1. The molecule has 5 nitrogen and oxygen atoms in total. The molecule has 0 fully saturated rings. The number of nitrogens with two attached hydrogens (primary N) is 1. The highest BCUT2D eigenvalue weighted by Gasteiger charge is 2.15. The highest BCUT2D eigenvalue weighted by Crippen LogP contribution is 2.39. The number of methoxy groups -OCH3 is 3. The van der Waals surface area contributed by atoms with Gasteiger partial charge in [0.15, 0.2) is 11.5 Å². The van der Waals surface area contributed by atoms with E-state index in [1.165, 1.54) is 5.56 Å². The zero-order valence-corrected chi connectivity index (χ0v) is 16.3. The number of pyridine rings is 1. The van der Waals surface area contributed by atoms with Gasteiger partial charge in [0.25, 0.3) is 0 Å². The van der Waals surface area contributed by atoms with Gasteiger partial charge in [-0.1, -0.05) is 25.5 Å². The average molecular weight is 366 g/mol. The Morgan fingerprint density at radius 2 is 1.59 bits per heavy atom. The smallest absolute Gasteiger partial charge is 0.203 e. The van der Waals surface area contributed by atoms with Gasteiger partial charge in [-0.15, -0.1) is 0 Å². The van der Waals surface area contributed by atoms with Crippen LogP contribution in [-0.2, 0) is 12.8 Å². The van der Waals surface area contributed by atoms with E-state index in [9.17, 15) is 0 Å². The van der Waals surface area contributed by atoms with Gasteiger partial charge in [0.2, 0.25) is 5.75 Å². The Labute approximate surface area is 160 Å². The summed E-state index contributed by atoms with van der Waals surface area (Å²) >= 11 is 0. The van der Waals surface area contributed by atoms with Crippen molar-refractivity contribution in [1.82, 2.24) is 4.98 Å². The molecular weight excluding hydrogens is 340 g/mol. The van der Waals surface area contributed by atoms with Crippen LogP contribution in [0.4, 0.5) is 5.69 Å². The third-order valence-corrected chi connectivity index (χ3v) is 4.80. The van der Waals surface area contributed by atoms with E-state index in [2.05, 4.69) is 24.0 Å². The molecule has 1 heterocycles. The predicted molar refractivity (Wildman–Crippen MR) is 109 cm³/mol. The van der Waals surface area contributed by atoms with Crippen LogP contribution >= 0.6 is 0 Å². The van der Waals surface area contributed by atoms with Gasteiger partial charge < -0.3 is 19.9 Å². The summed E-state index contributed by atoms with van der Waals surface area (Å²) in [5.41, 5.74) is 10.6. The molecule has 5 heteroatoms. The molecule has 0 saturated heterocycles. The monoisotopic (exact) mass is 366 g/mol. The lowest BCUT2D eigenvalue weighted by molar-refractivity contribution is 0.324. The summed E-state index contributed by atoms with van der Waals surface area (Å²) in [6.45, 7) is 2.16. The Balaban J connectivity index is 2.06. The molecule has 0 spiro atoms. The minimum Gasteiger partial charge on any atom is -0.493 e. The van der Waals surface area contributed by atoms with Gasteiger partial charge in [-0.05, 0) is 47.1 Å². The number of rotatable bonds is 7. The number of fused-ring (bicyclic) bond motifs is 1. The van der Waals surface area contributed by atoms with Crippen molar-refractivity contribution in [2.75, 3.05) is 27.1 Å². The van der Waals surface area contributed by atoms with Crippen molar-refractivity contribution in [1.29, 1.82) is 0 Å². The molecule has 0 aliphatic carbocycles. The van der Waals surface area contributed by atoms with Gasteiger partial charge in [-0.3, -0.25) is 4.98 Å². The number of benzene rings is 2. The van der Waals surface area contributed by atoms with Crippen LogP contribution in [0.15, 0.2) is 36.7 Å². The molecule has 0 bridgehead atoms. The van der Waals surface area contributed by atoms with E-state index in [1.54, 1.807) is 21.3 Å². The lowest BCUT2D eigenvalue weighted by Crippen LogP contribution is -2.00. The van der Waals surface area contributed by atoms with E-state index in [1.807, 2.05) is 24.5 Å². The molecule has 2 aromatic carbocycles. The fourth-order valence-corrected chi connectivity index (χ4v) is 3.46. The summed E-state index contributed by atoms with van der Waals surface area (Å²) < 4.78 is 16.3. The van der Waals surface area contributed by atoms with Gasteiger partial charge >= 0.3 is 0 Å². The average Bonchev–Trinajstić information content (AvgIpc) is 2.69. The first-order chi connectivity index (χ1) is 13.1. The third-order valence-electron chi connectivity index (χ3n) is 4.80. The maximum atomic E-state index is 6.40. The third kappa shape index (κ3) is 3.63. The Kier molecular flexibility index (Phi) is 5.69. The predicted octanol–water partition coefficient (Wildman–Crippen LogP) is 4.39. The van der Waals surface area contributed by atoms with E-state index in [4.69, 9.17) is 19.9 Å². The molecule has 0 saturated carbocycles. The molecule has 0 aliphatic heterocycles. The second kappa shape index (κ2) is 8.16. The van der Waals surface area contributed by atoms with Crippen LogP contribution < -0.4 is 19.9 Å². The second-order valence-corrected chi connectivity index (χ2v) is 6.49. The van der Waals surface area contributed by atoms with E-state index >= 15 is 0 Å². The van der Waals surface area contributed by atoms with Crippen molar-refractivity contribution in [3.05, 3.63) is 53.3 Å². The maximum Gasteiger partial charge on any atom is 0.203 e. The van der Waals surface area contributed by atoms with Crippen molar-refractivity contribution in [2.45, 2.75) is 26.2 Å². The summed E-state index contributed by atoms with van der Waals surface area (Å²) in [5.74, 6) is 1.88. The quantitative estimate of drug-likeness (QED) is 0.628. The standard InChI is InChI=1S/C22H26N2O3/c1-5-6-15-7-8-17-16(12-24-13-18(17)21(15)23)9-14-10-19(25-2)22(27-4)20(11-14)26-3/h7-8,10-13H,5-6,9,23H2,1-4H3. The Hall–Kier alpha value is -2.95. The van der Waals surface area contributed by atoms with Crippen LogP contribution in [0.5, 0.6) is 17.2 Å². The molecule has 0 unspecified atom stereocenters. The molecule has 1 aromatic heterocycles. The molecule has 0 atom stereocenters.